The van der Waals surface area contributed by atoms with Crippen LogP contribution in [-0.4, -0.2) is 12.4 Å². The number of carbonyl (C=O) groups excluding carboxylic acids is 1. The van der Waals surface area contributed by atoms with Crippen LogP contribution in [0.15, 0.2) is 36.4 Å². The average molecular weight is 282 g/mol. The molecule has 0 unspecified atom stereocenters. The zero-order valence-electron chi connectivity index (χ0n) is 13.2. The quantitative estimate of drug-likeness (QED) is 0.747. The van der Waals surface area contributed by atoms with Gasteiger partial charge in [-0.2, -0.15) is 0 Å². The molecule has 2 aromatic rings. The minimum atomic E-state index is 0.0533. The molecule has 0 radical (unpaired) electrons. The number of hydrogen-bond donors (Lipinski definition) is 0. The molecule has 0 fully saturated rings. The molecule has 0 aromatic heterocycles. The Labute approximate surface area is 126 Å². The normalized spacial score (nSPS) is 10.5. The molecule has 21 heavy (non-hydrogen) atoms. The summed E-state index contributed by atoms with van der Waals surface area (Å²) in [5, 5.41) is 0. The Balaban J connectivity index is 2.34. The highest BCUT2D eigenvalue weighted by molar-refractivity contribution is 6.10. The van der Waals surface area contributed by atoms with Gasteiger partial charge in [0, 0.05) is 11.1 Å². The summed E-state index contributed by atoms with van der Waals surface area (Å²) in [5.74, 6) is 0.807. The summed E-state index contributed by atoms with van der Waals surface area (Å²) in [5.41, 5.74) is 4.81. The molecule has 0 atom stereocenters. The SMILES string of the molecule is CCCOc1cccc(C(=O)c2cc(C)c(C)cc2C)c1. The Bertz CT molecular complexity index is 657. The van der Waals surface area contributed by atoms with E-state index in [1.165, 1.54) is 5.56 Å². The van der Waals surface area contributed by atoms with Gasteiger partial charge in [0.15, 0.2) is 5.78 Å². The van der Waals surface area contributed by atoms with E-state index in [0.717, 1.165) is 28.9 Å². The van der Waals surface area contributed by atoms with Crippen molar-refractivity contribution in [3.63, 3.8) is 0 Å². The van der Waals surface area contributed by atoms with Crippen molar-refractivity contribution >= 4 is 5.78 Å². The lowest BCUT2D eigenvalue weighted by molar-refractivity contribution is 0.103. The summed E-state index contributed by atoms with van der Waals surface area (Å²) in [6, 6.07) is 11.5. The van der Waals surface area contributed by atoms with E-state index in [-0.39, 0.29) is 5.78 Å². The van der Waals surface area contributed by atoms with Crippen LogP contribution >= 0.6 is 0 Å². The van der Waals surface area contributed by atoms with Crippen LogP contribution in [0.5, 0.6) is 5.75 Å². The fraction of sp³-hybridized carbons (Fsp3) is 0.316. The monoisotopic (exact) mass is 282 g/mol. The van der Waals surface area contributed by atoms with E-state index in [4.69, 9.17) is 4.74 Å². The first kappa shape index (κ1) is 15.3. The molecule has 110 valence electrons. The largest absolute Gasteiger partial charge is 0.494 e. The van der Waals surface area contributed by atoms with E-state index in [1.807, 2.05) is 44.2 Å². The van der Waals surface area contributed by atoms with Gasteiger partial charge in [-0.15, -0.1) is 0 Å². The molecule has 0 spiro atoms. The fourth-order valence-corrected chi connectivity index (χ4v) is 2.31. The van der Waals surface area contributed by atoms with Crippen molar-refractivity contribution in [1.29, 1.82) is 0 Å². The molecule has 0 amide bonds. The van der Waals surface area contributed by atoms with E-state index >= 15 is 0 Å². The summed E-state index contributed by atoms with van der Waals surface area (Å²) < 4.78 is 5.60. The first-order valence-electron chi connectivity index (χ1n) is 7.38. The fourth-order valence-electron chi connectivity index (χ4n) is 2.31. The van der Waals surface area contributed by atoms with Gasteiger partial charge in [0.2, 0.25) is 0 Å². The van der Waals surface area contributed by atoms with Gasteiger partial charge in [0.1, 0.15) is 5.75 Å². The summed E-state index contributed by atoms with van der Waals surface area (Å²) in [6.07, 6.45) is 0.953. The van der Waals surface area contributed by atoms with E-state index in [9.17, 15) is 4.79 Å². The topological polar surface area (TPSA) is 26.3 Å². The Morgan fingerprint density at radius 2 is 1.71 bits per heavy atom. The van der Waals surface area contributed by atoms with Gasteiger partial charge in [-0.1, -0.05) is 25.1 Å². The Kier molecular flexibility index (Phi) is 4.79. The second-order valence-corrected chi connectivity index (χ2v) is 5.46. The van der Waals surface area contributed by atoms with Crippen molar-refractivity contribution in [1.82, 2.24) is 0 Å². The molecule has 0 N–H and O–H groups in total. The van der Waals surface area contributed by atoms with E-state index < -0.39 is 0 Å². The molecule has 0 aliphatic heterocycles. The van der Waals surface area contributed by atoms with Crippen LogP contribution in [0, 0.1) is 20.8 Å². The van der Waals surface area contributed by atoms with Crippen LogP contribution in [0.1, 0.15) is 46.0 Å². The lowest BCUT2D eigenvalue weighted by atomic mass is 9.95. The van der Waals surface area contributed by atoms with Crippen molar-refractivity contribution in [3.8, 4) is 5.75 Å². The van der Waals surface area contributed by atoms with E-state index in [1.54, 1.807) is 0 Å². The second kappa shape index (κ2) is 6.57. The highest BCUT2D eigenvalue weighted by Crippen LogP contribution is 2.21. The number of ether oxygens (including phenoxy) is 1. The molecule has 0 aliphatic rings. The third kappa shape index (κ3) is 3.52. The van der Waals surface area contributed by atoms with Gasteiger partial charge in [-0.05, 0) is 62.1 Å². The van der Waals surface area contributed by atoms with Crippen LogP contribution in [0.3, 0.4) is 0 Å². The van der Waals surface area contributed by atoms with Gasteiger partial charge < -0.3 is 4.74 Å². The van der Waals surface area contributed by atoms with Crippen LogP contribution in [0.2, 0.25) is 0 Å². The maximum absolute atomic E-state index is 12.7. The molecular formula is C19H22O2. The van der Waals surface area contributed by atoms with Crippen molar-refractivity contribution in [3.05, 3.63) is 64.2 Å². The molecular weight excluding hydrogens is 260 g/mol. The molecule has 0 saturated heterocycles. The van der Waals surface area contributed by atoms with E-state index in [2.05, 4.69) is 19.9 Å². The highest BCUT2D eigenvalue weighted by atomic mass is 16.5. The zero-order valence-corrected chi connectivity index (χ0v) is 13.2. The van der Waals surface area contributed by atoms with E-state index in [0.29, 0.717) is 12.2 Å². The molecule has 2 heteroatoms. The first-order valence-corrected chi connectivity index (χ1v) is 7.38. The lowest BCUT2D eigenvalue weighted by Crippen LogP contribution is -2.05. The van der Waals surface area contributed by atoms with Crippen molar-refractivity contribution < 1.29 is 9.53 Å². The molecule has 0 aliphatic carbocycles. The number of ketones is 1. The number of rotatable bonds is 5. The number of carbonyl (C=O) groups is 1. The molecule has 2 nitrogen and oxygen atoms in total. The Morgan fingerprint density at radius 3 is 2.43 bits per heavy atom. The molecule has 0 heterocycles. The highest BCUT2D eigenvalue weighted by Gasteiger charge is 2.13. The maximum Gasteiger partial charge on any atom is 0.193 e. The number of aryl methyl sites for hydroxylation is 3. The predicted molar refractivity (Wildman–Crippen MR) is 86.3 cm³/mol. The Morgan fingerprint density at radius 1 is 1.00 bits per heavy atom. The van der Waals surface area contributed by atoms with Gasteiger partial charge in [0.25, 0.3) is 0 Å². The number of hydrogen-bond acceptors (Lipinski definition) is 2. The molecule has 2 aromatic carbocycles. The molecule has 0 bridgehead atoms. The smallest absolute Gasteiger partial charge is 0.193 e. The maximum atomic E-state index is 12.7. The standard InChI is InChI=1S/C19H22O2/c1-5-9-21-17-8-6-7-16(12-17)19(20)18-11-14(3)13(2)10-15(18)4/h6-8,10-12H,5,9H2,1-4H3. The lowest BCUT2D eigenvalue weighted by Gasteiger charge is -2.10. The van der Waals surface area contributed by atoms with Crippen LogP contribution < -0.4 is 4.74 Å². The van der Waals surface area contributed by atoms with Gasteiger partial charge in [-0.3, -0.25) is 4.79 Å². The van der Waals surface area contributed by atoms with Crippen LogP contribution in [-0.2, 0) is 0 Å². The van der Waals surface area contributed by atoms with Gasteiger partial charge >= 0.3 is 0 Å². The van der Waals surface area contributed by atoms with Crippen molar-refractivity contribution in [2.75, 3.05) is 6.61 Å². The zero-order chi connectivity index (χ0) is 15.4. The summed E-state index contributed by atoms with van der Waals surface area (Å²) in [6.45, 7) is 8.81. The van der Waals surface area contributed by atoms with Crippen molar-refractivity contribution in [2.24, 2.45) is 0 Å². The third-order valence-electron chi connectivity index (χ3n) is 3.65. The summed E-state index contributed by atoms with van der Waals surface area (Å²) in [4.78, 5) is 12.7. The summed E-state index contributed by atoms with van der Waals surface area (Å²) in [7, 11) is 0. The second-order valence-electron chi connectivity index (χ2n) is 5.46. The van der Waals surface area contributed by atoms with Crippen LogP contribution in [0.25, 0.3) is 0 Å². The first-order chi connectivity index (χ1) is 10.0. The average Bonchev–Trinajstić information content (AvgIpc) is 2.48. The predicted octanol–water partition coefficient (Wildman–Crippen LogP) is 4.63. The minimum Gasteiger partial charge on any atom is -0.494 e. The van der Waals surface area contributed by atoms with Crippen molar-refractivity contribution in [2.45, 2.75) is 34.1 Å². The Hall–Kier alpha value is -2.09. The summed E-state index contributed by atoms with van der Waals surface area (Å²) >= 11 is 0. The molecule has 2 rings (SSSR count). The van der Waals surface area contributed by atoms with Gasteiger partial charge in [-0.25, -0.2) is 0 Å². The third-order valence-corrected chi connectivity index (χ3v) is 3.65. The van der Waals surface area contributed by atoms with Gasteiger partial charge in [0.05, 0.1) is 6.61 Å². The minimum absolute atomic E-state index is 0.0533. The number of benzene rings is 2. The molecule has 0 saturated carbocycles. The van der Waals surface area contributed by atoms with Crippen LogP contribution in [0.4, 0.5) is 0 Å².